The number of hydrogen-bond donors (Lipinski definition) is 2. The maximum atomic E-state index is 11.5. The molecule has 1 amide bonds. The molecule has 0 aliphatic heterocycles. The molecule has 19 heavy (non-hydrogen) atoms. The summed E-state index contributed by atoms with van der Waals surface area (Å²) in [5.41, 5.74) is 2.89. The van der Waals surface area contributed by atoms with E-state index in [1.54, 1.807) is 0 Å². The van der Waals surface area contributed by atoms with E-state index in [9.17, 15) is 9.59 Å². The molecule has 0 saturated heterocycles. The van der Waals surface area contributed by atoms with E-state index in [-0.39, 0.29) is 18.1 Å². The highest BCUT2D eigenvalue weighted by Gasteiger charge is 2.05. The lowest BCUT2D eigenvalue weighted by Crippen LogP contribution is -2.22. The molecule has 0 radical (unpaired) electrons. The van der Waals surface area contributed by atoms with Crippen LogP contribution in [0, 0.1) is 6.92 Å². The quantitative estimate of drug-likeness (QED) is 0.860. The zero-order valence-electron chi connectivity index (χ0n) is 11.1. The van der Waals surface area contributed by atoms with Crippen LogP contribution in [-0.2, 0) is 16.1 Å². The van der Waals surface area contributed by atoms with E-state index in [0.29, 0.717) is 13.0 Å². The molecule has 2 aromatic rings. The molecule has 5 heteroatoms. The van der Waals surface area contributed by atoms with Gasteiger partial charge in [0.15, 0.2) is 0 Å². The Morgan fingerprint density at radius 3 is 2.84 bits per heavy atom. The summed E-state index contributed by atoms with van der Waals surface area (Å²) >= 11 is 0. The minimum absolute atomic E-state index is 0.0319. The SMILES string of the molecule is CC(=O)CCC(=O)NCc1ccc2nc(C)[nH]c2c1. The van der Waals surface area contributed by atoms with Crippen molar-refractivity contribution in [3.05, 3.63) is 29.6 Å². The van der Waals surface area contributed by atoms with Crippen LogP contribution in [0.4, 0.5) is 0 Å². The van der Waals surface area contributed by atoms with Gasteiger partial charge in [-0.1, -0.05) is 6.07 Å². The van der Waals surface area contributed by atoms with Crippen molar-refractivity contribution in [2.24, 2.45) is 0 Å². The number of ketones is 1. The lowest BCUT2D eigenvalue weighted by molar-refractivity contribution is -0.124. The summed E-state index contributed by atoms with van der Waals surface area (Å²) in [6.07, 6.45) is 0.547. The maximum Gasteiger partial charge on any atom is 0.220 e. The van der Waals surface area contributed by atoms with Crippen molar-refractivity contribution in [2.75, 3.05) is 0 Å². The van der Waals surface area contributed by atoms with Gasteiger partial charge in [-0.3, -0.25) is 4.79 Å². The average molecular weight is 259 g/mol. The third-order valence-corrected chi connectivity index (χ3v) is 2.86. The fraction of sp³-hybridized carbons (Fsp3) is 0.357. The molecular formula is C14H17N3O2. The van der Waals surface area contributed by atoms with Crippen LogP contribution in [-0.4, -0.2) is 21.7 Å². The van der Waals surface area contributed by atoms with Crippen molar-refractivity contribution in [3.63, 3.8) is 0 Å². The number of H-pyrrole nitrogens is 1. The summed E-state index contributed by atoms with van der Waals surface area (Å²) in [4.78, 5) is 29.8. The predicted octanol–water partition coefficient (Wildman–Crippen LogP) is 1.86. The van der Waals surface area contributed by atoms with E-state index in [0.717, 1.165) is 22.4 Å². The number of aromatic amines is 1. The first-order chi connectivity index (χ1) is 9.04. The number of imidazole rings is 1. The number of amides is 1. The van der Waals surface area contributed by atoms with Crippen LogP contribution in [0.25, 0.3) is 11.0 Å². The zero-order valence-corrected chi connectivity index (χ0v) is 11.1. The standard InChI is InChI=1S/C14H17N3O2/c1-9(18)3-6-14(19)15-8-11-4-5-12-13(7-11)17-10(2)16-12/h4-5,7H,3,6,8H2,1-2H3,(H,15,19)(H,16,17). The number of Topliss-reactive ketones (excluding diaryl/α,β-unsaturated/α-hetero) is 1. The summed E-state index contributed by atoms with van der Waals surface area (Å²) < 4.78 is 0. The van der Waals surface area contributed by atoms with Gasteiger partial charge in [0.25, 0.3) is 0 Å². The van der Waals surface area contributed by atoms with E-state index in [2.05, 4.69) is 15.3 Å². The average Bonchev–Trinajstić information content (AvgIpc) is 2.73. The molecular weight excluding hydrogens is 242 g/mol. The highest BCUT2D eigenvalue weighted by molar-refractivity contribution is 5.83. The van der Waals surface area contributed by atoms with Crippen LogP contribution in [0.15, 0.2) is 18.2 Å². The number of nitrogens with one attached hydrogen (secondary N) is 2. The first-order valence-corrected chi connectivity index (χ1v) is 6.26. The summed E-state index contributed by atoms with van der Waals surface area (Å²) in [7, 11) is 0. The molecule has 0 bridgehead atoms. The summed E-state index contributed by atoms with van der Waals surface area (Å²) in [6.45, 7) is 3.86. The number of hydrogen-bond acceptors (Lipinski definition) is 3. The molecule has 100 valence electrons. The van der Waals surface area contributed by atoms with Gasteiger partial charge in [0.2, 0.25) is 5.91 Å². The minimum Gasteiger partial charge on any atom is -0.352 e. The first-order valence-electron chi connectivity index (χ1n) is 6.26. The van der Waals surface area contributed by atoms with E-state index < -0.39 is 0 Å². The summed E-state index contributed by atoms with van der Waals surface area (Å²) in [5, 5.41) is 2.80. The third kappa shape index (κ3) is 3.64. The number of benzene rings is 1. The smallest absolute Gasteiger partial charge is 0.220 e. The van der Waals surface area contributed by atoms with Crippen LogP contribution in [0.3, 0.4) is 0 Å². The van der Waals surface area contributed by atoms with E-state index in [1.165, 1.54) is 6.92 Å². The number of aryl methyl sites for hydroxylation is 1. The number of fused-ring (bicyclic) bond motifs is 1. The van der Waals surface area contributed by atoms with Crippen molar-refractivity contribution in [2.45, 2.75) is 33.2 Å². The molecule has 2 N–H and O–H groups in total. The Kier molecular flexibility index (Phi) is 3.94. The van der Waals surface area contributed by atoms with Crippen molar-refractivity contribution >= 4 is 22.7 Å². The molecule has 1 heterocycles. The van der Waals surface area contributed by atoms with Gasteiger partial charge in [-0.05, 0) is 31.5 Å². The molecule has 0 atom stereocenters. The predicted molar refractivity (Wildman–Crippen MR) is 72.6 cm³/mol. The summed E-state index contributed by atoms with van der Waals surface area (Å²) in [6, 6.07) is 5.84. The second kappa shape index (κ2) is 5.65. The molecule has 0 saturated carbocycles. The minimum atomic E-state index is -0.101. The van der Waals surface area contributed by atoms with Gasteiger partial charge in [0, 0.05) is 19.4 Å². The molecule has 0 spiro atoms. The van der Waals surface area contributed by atoms with Gasteiger partial charge in [-0.15, -0.1) is 0 Å². The van der Waals surface area contributed by atoms with E-state index in [1.807, 2.05) is 25.1 Å². The monoisotopic (exact) mass is 259 g/mol. The van der Waals surface area contributed by atoms with Crippen LogP contribution < -0.4 is 5.32 Å². The molecule has 0 fully saturated rings. The Bertz CT molecular complexity index is 616. The highest BCUT2D eigenvalue weighted by Crippen LogP contribution is 2.13. The number of nitrogens with zero attached hydrogens (tertiary/aromatic N) is 1. The fourth-order valence-electron chi connectivity index (χ4n) is 1.87. The topological polar surface area (TPSA) is 74.8 Å². The van der Waals surface area contributed by atoms with E-state index in [4.69, 9.17) is 0 Å². The molecule has 2 rings (SSSR count). The Morgan fingerprint density at radius 1 is 1.32 bits per heavy atom. The van der Waals surface area contributed by atoms with E-state index >= 15 is 0 Å². The van der Waals surface area contributed by atoms with Crippen LogP contribution in [0.5, 0.6) is 0 Å². The van der Waals surface area contributed by atoms with Gasteiger partial charge in [-0.2, -0.15) is 0 Å². The Labute approximate surface area is 111 Å². The number of aromatic nitrogens is 2. The normalized spacial score (nSPS) is 10.6. The highest BCUT2D eigenvalue weighted by atomic mass is 16.2. The molecule has 0 aliphatic carbocycles. The second-order valence-corrected chi connectivity index (χ2v) is 4.65. The number of carbonyl (C=O) groups excluding carboxylic acids is 2. The molecule has 0 unspecified atom stereocenters. The fourth-order valence-corrected chi connectivity index (χ4v) is 1.87. The first kappa shape index (κ1) is 13.3. The van der Waals surface area contributed by atoms with Gasteiger partial charge < -0.3 is 15.1 Å². The number of rotatable bonds is 5. The zero-order chi connectivity index (χ0) is 13.8. The van der Waals surface area contributed by atoms with Crippen molar-refractivity contribution in [3.8, 4) is 0 Å². The Hall–Kier alpha value is -2.17. The van der Waals surface area contributed by atoms with Crippen LogP contribution >= 0.6 is 0 Å². The molecule has 5 nitrogen and oxygen atoms in total. The van der Waals surface area contributed by atoms with Gasteiger partial charge in [0.05, 0.1) is 11.0 Å². The van der Waals surface area contributed by atoms with Crippen molar-refractivity contribution in [1.29, 1.82) is 0 Å². The van der Waals surface area contributed by atoms with Gasteiger partial charge >= 0.3 is 0 Å². The van der Waals surface area contributed by atoms with Crippen molar-refractivity contribution in [1.82, 2.24) is 15.3 Å². The lowest BCUT2D eigenvalue weighted by Gasteiger charge is -2.04. The molecule has 0 aliphatic rings. The van der Waals surface area contributed by atoms with Gasteiger partial charge in [-0.25, -0.2) is 4.98 Å². The van der Waals surface area contributed by atoms with Crippen LogP contribution in [0.1, 0.15) is 31.2 Å². The summed E-state index contributed by atoms with van der Waals surface area (Å²) in [5.74, 6) is 0.804. The second-order valence-electron chi connectivity index (χ2n) is 4.65. The maximum absolute atomic E-state index is 11.5. The molecule has 1 aromatic heterocycles. The molecule has 1 aromatic carbocycles. The van der Waals surface area contributed by atoms with Crippen molar-refractivity contribution < 1.29 is 9.59 Å². The van der Waals surface area contributed by atoms with Gasteiger partial charge in [0.1, 0.15) is 11.6 Å². The van der Waals surface area contributed by atoms with Crippen LogP contribution in [0.2, 0.25) is 0 Å². The largest absolute Gasteiger partial charge is 0.352 e. The Balaban J connectivity index is 1.94. The lowest BCUT2D eigenvalue weighted by atomic mass is 10.2. The Morgan fingerprint density at radius 2 is 2.11 bits per heavy atom. The number of carbonyl (C=O) groups is 2. The third-order valence-electron chi connectivity index (χ3n) is 2.86.